The van der Waals surface area contributed by atoms with E-state index in [9.17, 15) is 4.79 Å². The smallest absolute Gasteiger partial charge is 0.250 e. The molecule has 0 aromatic carbocycles. The quantitative estimate of drug-likeness (QED) is 0.840. The maximum absolute atomic E-state index is 11.6. The molecule has 0 spiro atoms. The van der Waals surface area contributed by atoms with Crippen molar-refractivity contribution in [2.45, 2.75) is 57.6 Å². The third kappa shape index (κ3) is 4.42. The first-order chi connectivity index (χ1) is 10.2. The lowest BCUT2D eigenvalue weighted by molar-refractivity contribution is -0.0745. The molecular formula is C17H28N2O2. The van der Waals surface area contributed by atoms with Gasteiger partial charge in [-0.05, 0) is 37.7 Å². The Morgan fingerprint density at radius 3 is 2.76 bits per heavy atom. The Morgan fingerprint density at radius 1 is 1.38 bits per heavy atom. The summed E-state index contributed by atoms with van der Waals surface area (Å²) in [7, 11) is 0. The molecule has 1 aliphatic carbocycles. The van der Waals surface area contributed by atoms with E-state index in [0.29, 0.717) is 19.7 Å². The molecular weight excluding hydrogens is 264 g/mol. The minimum absolute atomic E-state index is 0.0227. The summed E-state index contributed by atoms with van der Waals surface area (Å²) in [6, 6.07) is 5.21. The molecule has 0 saturated heterocycles. The first-order valence-corrected chi connectivity index (χ1v) is 8.18. The van der Waals surface area contributed by atoms with Gasteiger partial charge in [0.25, 0.3) is 5.56 Å². The van der Waals surface area contributed by atoms with E-state index in [1.807, 2.05) is 6.07 Å². The van der Waals surface area contributed by atoms with Crippen LogP contribution in [0.1, 0.15) is 45.4 Å². The number of aromatic nitrogens is 1. The summed E-state index contributed by atoms with van der Waals surface area (Å²) in [6.07, 6.45) is 8.93. The summed E-state index contributed by atoms with van der Waals surface area (Å²) >= 11 is 0. The van der Waals surface area contributed by atoms with Crippen LogP contribution in [0.4, 0.5) is 0 Å². The molecule has 1 aromatic rings. The van der Waals surface area contributed by atoms with E-state index >= 15 is 0 Å². The first kappa shape index (κ1) is 16.2. The third-order valence-electron chi connectivity index (χ3n) is 4.72. The number of nitrogens with zero attached hydrogens (tertiary/aromatic N) is 1. The van der Waals surface area contributed by atoms with Crippen LogP contribution in [0.25, 0.3) is 0 Å². The van der Waals surface area contributed by atoms with E-state index in [1.54, 1.807) is 22.9 Å². The lowest BCUT2D eigenvalue weighted by Crippen LogP contribution is -2.44. The van der Waals surface area contributed by atoms with Gasteiger partial charge in [0.2, 0.25) is 0 Å². The minimum Gasteiger partial charge on any atom is -0.372 e. The van der Waals surface area contributed by atoms with E-state index in [1.165, 1.54) is 25.7 Å². The second kappa shape index (κ2) is 7.76. The van der Waals surface area contributed by atoms with Crippen LogP contribution in [-0.2, 0) is 11.3 Å². The maximum Gasteiger partial charge on any atom is 0.250 e. The van der Waals surface area contributed by atoms with Gasteiger partial charge in [-0.15, -0.1) is 0 Å². The van der Waals surface area contributed by atoms with Gasteiger partial charge < -0.3 is 15.0 Å². The summed E-state index contributed by atoms with van der Waals surface area (Å²) < 4.78 is 7.81. The van der Waals surface area contributed by atoms with Crippen LogP contribution in [0, 0.1) is 5.92 Å². The summed E-state index contributed by atoms with van der Waals surface area (Å²) in [4.78, 5) is 11.6. The van der Waals surface area contributed by atoms with Crippen LogP contribution >= 0.6 is 0 Å². The van der Waals surface area contributed by atoms with Crippen molar-refractivity contribution < 1.29 is 4.74 Å². The van der Waals surface area contributed by atoms with E-state index in [0.717, 1.165) is 18.8 Å². The highest BCUT2D eigenvalue weighted by Gasteiger charge is 2.34. The minimum atomic E-state index is -0.164. The van der Waals surface area contributed by atoms with Crippen LogP contribution in [0.15, 0.2) is 29.2 Å². The van der Waals surface area contributed by atoms with Crippen LogP contribution in [0.3, 0.4) is 0 Å². The zero-order valence-corrected chi connectivity index (χ0v) is 13.1. The summed E-state index contributed by atoms with van der Waals surface area (Å²) in [5, 5.41) is 0. The Bertz CT molecular complexity index is 476. The topological polar surface area (TPSA) is 57.2 Å². The molecule has 118 valence electrons. The molecule has 0 atom stereocenters. The van der Waals surface area contributed by atoms with E-state index in [4.69, 9.17) is 10.5 Å². The fraction of sp³-hybridized carbons (Fsp3) is 0.706. The van der Waals surface area contributed by atoms with Gasteiger partial charge >= 0.3 is 0 Å². The predicted octanol–water partition coefficient (Wildman–Crippen LogP) is 2.55. The second-order valence-electron chi connectivity index (χ2n) is 6.20. The van der Waals surface area contributed by atoms with Gasteiger partial charge in [0.05, 0.1) is 12.2 Å². The Labute approximate surface area is 127 Å². The van der Waals surface area contributed by atoms with Gasteiger partial charge in [0.1, 0.15) is 0 Å². The lowest BCUT2D eigenvalue weighted by Gasteiger charge is -2.39. The molecule has 2 N–H and O–H groups in total. The van der Waals surface area contributed by atoms with Crippen molar-refractivity contribution in [3.05, 3.63) is 34.7 Å². The lowest BCUT2D eigenvalue weighted by atomic mass is 9.77. The molecule has 1 fully saturated rings. The predicted molar refractivity (Wildman–Crippen MR) is 85.3 cm³/mol. The molecule has 21 heavy (non-hydrogen) atoms. The van der Waals surface area contributed by atoms with E-state index in [-0.39, 0.29) is 11.2 Å². The third-order valence-corrected chi connectivity index (χ3v) is 4.72. The SMILES string of the molecule is CCCC1CCC(CN)(OCCn2ccccc2=O)CC1. The highest BCUT2D eigenvalue weighted by Crippen LogP contribution is 2.36. The van der Waals surface area contributed by atoms with E-state index in [2.05, 4.69) is 6.92 Å². The zero-order valence-electron chi connectivity index (χ0n) is 13.1. The average molecular weight is 292 g/mol. The fourth-order valence-electron chi connectivity index (χ4n) is 3.31. The number of pyridine rings is 1. The molecule has 2 rings (SSSR count). The number of nitrogens with two attached hydrogens (primary N) is 1. The van der Waals surface area contributed by atoms with Gasteiger partial charge in [0.15, 0.2) is 0 Å². The Morgan fingerprint density at radius 2 is 2.14 bits per heavy atom. The van der Waals surface area contributed by atoms with Crippen LogP contribution < -0.4 is 11.3 Å². The van der Waals surface area contributed by atoms with Crippen molar-refractivity contribution in [1.82, 2.24) is 4.57 Å². The second-order valence-corrected chi connectivity index (χ2v) is 6.20. The summed E-state index contributed by atoms with van der Waals surface area (Å²) in [5.74, 6) is 0.843. The molecule has 4 nitrogen and oxygen atoms in total. The van der Waals surface area contributed by atoms with Crippen molar-refractivity contribution in [2.24, 2.45) is 11.7 Å². The van der Waals surface area contributed by atoms with Gasteiger partial charge in [-0.25, -0.2) is 0 Å². The largest absolute Gasteiger partial charge is 0.372 e. The molecule has 0 amide bonds. The van der Waals surface area contributed by atoms with Crippen LogP contribution in [0.5, 0.6) is 0 Å². The molecule has 1 saturated carbocycles. The van der Waals surface area contributed by atoms with Gasteiger partial charge in [-0.3, -0.25) is 4.79 Å². The van der Waals surface area contributed by atoms with Gasteiger partial charge in [-0.1, -0.05) is 25.8 Å². The molecule has 0 aliphatic heterocycles. The van der Waals surface area contributed by atoms with Gasteiger partial charge in [0, 0.05) is 25.4 Å². The normalized spacial score (nSPS) is 25.9. The average Bonchev–Trinajstić information content (AvgIpc) is 2.51. The first-order valence-electron chi connectivity index (χ1n) is 8.18. The summed E-state index contributed by atoms with van der Waals surface area (Å²) in [6.45, 7) is 3.98. The molecule has 0 radical (unpaired) electrons. The van der Waals surface area contributed by atoms with E-state index < -0.39 is 0 Å². The number of hydrogen-bond donors (Lipinski definition) is 1. The molecule has 1 aromatic heterocycles. The number of hydrogen-bond acceptors (Lipinski definition) is 3. The molecule has 1 heterocycles. The molecule has 1 aliphatic rings. The van der Waals surface area contributed by atoms with Crippen molar-refractivity contribution in [1.29, 1.82) is 0 Å². The van der Waals surface area contributed by atoms with Crippen LogP contribution in [-0.4, -0.2) is 23.3 Å². The Balaban J connectivity index is 1.83. The standard InChI is InChI=1S/C17H28N2O2/c1-2-5-15-7-9-17(14-18,10-8-15)21-13-12-19-11-4-3-6-16(19)20/h3-4,6,11,15H,2,5,7-10,12-14,18H2,1H3. The number of ether oxygens (including phenoxy) is 1. The monoisotopic (exact) mass is 292 g/mol. The van der Waals surface area contributed by atoms with Gasteiger partial charge in [-0.2, -0.15) is 0 Å². The van der Waals surface area contributed by atoms with Crippen molar-refractivity contribution in [3.8, 4) is 0 Å². The van der Waals surface area contributed by atoms with Crippen LogP contribution in [0.2, 0.25) is 0 Å². The Kier molecular flexibility index (Phi) is 6.00. The van der Waals surface area contributed by atoms with Crippen molar-refractivity contribution >= 4 is 0 Å². The molecule has 4 heteroatoms. The fourth-order valence-corrected chi connectivity index (χ4v) is 3.31. The number of rotatable bonds is 7. The zero-order chi connectivity index (χ0) is 15.1. The highest BCUT2D eigenvalue weighted by atomic mass is 16.5. The summed E-state index contributed by atoms with van der Waals surface area (Å²) in [5.41, 5.74) is 5.83. The maximum atomic E-state index is 11.6. The Hall–Kier alpha value is -1.13. The van der Waals surface area contributed by atoms with Crippen molar-refractivity contribution in [3.63, 3.8) is 0 Å². The van der Waals surface area contributed by atoms with Crippen molar-refractivity contribution in [2.75, 3.05) is 13.2 Å². The highest BCUT2D eigenvalue weighted by molar-refractivity contribution is 4.93. The molecule has 0 unspecified atom stereocenters. The molecule has 0 bridgehead atoms.